The van der Waals surface area contributed by atoms with Gasteiger partial charge in [-0.3, -0.25) is 19.1 Å². The SMILES string of the molecule is CCC(=O)n1ccc2cc(-c3ccc(C(=O)N(C)Cc4cccnc4)cc3)ccc21. The van der Waals surface area contributed by atoms with Crippen molar-refractivity contribution in [2.45, 2.75) is 19.9 Å². The number of fused-ring (bicyclic) bond motifs is 1. The van der Waals surface area contributed by atoms with Gasteiger partial charge in [-0.1, -0.05) is 31.2 Å². The predicted octanol–water partition coefficient (Wildman–Crippen LogP) is 5.03. The lowest BCUT2D eigenvalue weighted by atomic mass is 10.0. The van der Waals surface area contributed by atoms with E-state index < -0.39 is 0 Å². The van der Waals surface area contributed by atoms with Crippen LogP contribution >= 0.6 is 0 Å². The Morgan fingerprint density at radius 1 is 1.00 bits per heavy atom. The highest BCUT2D eigenvalue weighted by atomic mass is 16.2. The fourth-order valence-corrected chi connectivity index (χ4v) is 3.57. The molecule has 0 fully saturated rings. The fraction of sp³-hybridized carbons (Fsp3) is 0.160. The minimum atomic E-state index is -0.0315. The second-order valence-corrected chi connectivity index (χ2v) is 7.31. The summed E-state index contributed by atoms with van der Waals surface area (Å²) in [5.41, 5.74) is 4.62. The Labute approximate surface area is 175 Å². The van der Waals surface area contributed by atoms with Crippen LogP contribution in [0.1, 0.15) is 34.1 Å². The van der Waals surface area contributed by atoms with Crippen LogP contribution in [-0.4, -0.2) is 33.3 Å². The maximum Gasteiger partial charge on any atom is 0.253 e. The van der Waals surface area contributed by atoms with E-state index >= 15 is 0 Å². The molecule has 2 aromatic heterocycles. The van der Waals surface area contributed by atoms with Crippen LogP contribution in [0.4, 0.5) is 0 Å². The van der Waals surface area contributed by atoms with E-state index in [2.05, 4.69) is 11.1 Å². The molecule has 150 valence electrons. The van der Waals surface area contributed by atoms with Gasteiger partial charge >= 0.3 is 0 Å². The van der Waals surface area contributed by atoms with E-state index in [-0.39, 0.29) is 11.8 Å². The van der Waals surface area contributed by atoms with E-state index in [0.29, 0.717) is 18.5 Å². The first-order valence-corrected chi connectivity index (χ1v) is 9.96. The number of benzene rings is 2. The Morgan fingerprint density at radius 3 is 2.47 bits per heavy atom. The smallest absolute Gasteiger partial charge is 0.253 e. The summed E-state index contributed by atoms with van der Waals surface area (Å²) >= 11 is 0. The highest BCUT2D eigenvalue weighted by molar-refractivity contribution is 5.96. The van der Waals surface area contributed by atoms with E-state index in [1.807, 2.05) is 67.7 Å². The zero-order valence-corrected chi connectivity index (χ0v) is 17.1. The van der Waals surface area contributed by atoms with Crippen molar-refractivity contribution in [3.05, 3.63) is 90.4 Å². The molecule has 0 saturated carbocycles. The van der Waals surface area contributed by atoms with Gasteiger partial charge in [-0.25, -0.2) is 0 Å². The number of carbonyl (C=O) groups is 2. The molecule has 0 saturated heterocycles. The van der Waals surface area contributed by atoms with E-state index in [1.54, 1.807) is 28.9 Å². The second kappa shape index (κ2) is 8.33. The Hall–Kier alpha value is -3.73. The second-order valence-electron chi connectivity index (χ2n) is 7.31. The highest BCUT2D eigenvalue weighted by Gasteiger charge is 2.13. The molecule has 2 heterocycles. The van der Waals surface area contributed by atoms with Gasteiger partial charge in [0.15, 0.2) is 0 Å². The largest absolute Gasteiger partial charge is 0.337 e. The molecule has 5 heteroatoms. The molecule has 0 N–H and O–H groups in total. The first-order valence-electron chi connectivity index (χ1n) is 9.96. The van der Waals surface area contributed by atoms with E-state index in [9.17, 15) is 9.59 Å². The van der Waals surface area contributed by atoms with E-state index in [4.69, 9.17) is 0 Å². The van der Waals surface area contributed by atoms with Crippen LogP contribution in [0.5, 0.6) is 0 Å². The monoisotopic (exact) mass is 397 g/mol. The predicted molar refractivity (Wildman–Crippen MR) is 118 cm³/mol. The van der Waals surface area contributed by atoms with Gasteiger partial charge < -0.3 is 4.90 Å². The zero-order valence-electron chi connectivity index (χ0n) is 17.1. The summed E-state index contributed by atoms with van der Waals surface area (Å²) in [7, 11) is 1.79. The molecule has 5 nitrogen and oxygen atoms in total. The van der Waals surface area contributed by atoms with Crippen LogP contribution in [-0.2, 0) is 6.54 Å². The van der Waals surface area contributed by atoms with Crippen molar-refractivity contribution in [3.63, 3.8) is 0 Å². The molecule has 0 atom stereocenters. The van der Waals surface area contributed by atoms with Crippen molar-refractivity contribution in [1.29, 1.82) is 0 Å². The van der Waals surface area contributed by atoms with Crippen molar-refractivity contribution in [2.24, 2.45) is 0 Å². The molecule has 1 amide bonds. The van der Waals surface area contributed by atoms with Gasteiger partial charge in [0, 0.05) is 49.6 Å². The molecule has 0 aliphatic heterocycles. The van der Waals surface area contributed by atoms with Crippen molar-refractivity contribution >= 4 is 22.7 Å². The third-order valence-electron chi connectivity index (χ3n) is 5.22. The standard InChI is InChI=1S/C25H23N3O2/c1-3-24(29)28-14-12-22-15-21(10-11-23(22)28)19-6-8-20(9-7-19)25(30)27(2)17-18-5-4-13-26-16-18/h4-16H,3,17H2,1-2H3. The van der Waals surface area contributed by atoms with Crippen molar-refractivity contribution < 1.29 is 9.59 Å². The molecule has 0 bridgehead atoms. The topological polar surface area (TPSA) is 55.2 Å². The normalized spacial score (nSPS) is 10.9. The molecule has 0 aliphatic carbocycles. The van der Waals surface area contributed by atoms with Crippen molar-refractivity contribution in [2.75, 3.05) is 7.05 Å². The number of carbonyl (C=O) groups excluding carboxylic acids is 2. The third-order valence-corrected chi connectivity index (χ3v) is 5.22. The number of hydrogen-bond donors (Lipinski definition) is 0. The number of aromatic nitrogens is 2. The molecule has 4 aromatic rings. The lowest BCUT2D eigenvalue weighted by molar-refractivity contribution is 0.0784. The lowest BCUT2D eigenvalue weighted by Crippen LogP contribution is -2.26. The minimum absolute atomic E-state index is 0.0315. The molecule has 0 spiro atoms. The zero-order chi connectivity index (χ0) is 21.1. The summed E-state index contributed by atoms with van der Waals surface area (Å²) in [6.07, 6.45) is 5.78. The number of amides is 1. The quantitative estimate of drug-likeness (QED) is 0.475. The highest BCUT2D eigenvalue weighted by Crippen LogP contribution is 2.26. The molecule has 30 heavy (non-hydrogen) atoms. The number of pyridine rings is 1. The molecule has 2 aromatic carbocycles. The summed E-state index contributed by atoms with van der Waals surface area (Å²) in [4.78, 5) is 30.6. The van der Waals surface area contributed by atoms with Crippen LogP contribution in [0.2, 0.25) is 0 Å². The minimum Gasteiger partial charge on any atom is -0.337 e. The van der Waals surface area contributed by atoms with Crippen molar-refractivity contribution in [3.8, 4) is 11.1 Å². The molecule has 0 radical (unpaired) electrons. The van der Waals surface area contributed by atoms with Crippen LogP contribution < -0.4 is 0 Å². The lowest BCUT2D eigenvalue weighted by Gasteiger charge is -2.17. The average Bonchev–Trinajstić information content (AvgIpc) is 3.22. The Balaban J connectivity index is 1.53. The molecule has 4 rings (SSSR count). The van der Waals surface area contributed by atoms with Gasteiger partial charge in [0.2, 0.25) is 5.91 Å². The maximum atomic E-state index is 12.7. The molecule has 0 unspecified atom stereocenters. The Kier molecular flexibility index (Phi) is 5.44. The molecular formula is C25H23N3O2. The van der Waals surface area contributed by atoms with Crippen LogP contribution in [0, 0.1) is 0 Å². The molecule has 0 aliphatic rings. The summed E-state index contributed by atoms with van der Waals surface area (Å²) in [6, 6.07) is 19.5. The first-order chi connectivity index (χ1) is 14.6. The van der Waals surface area contributed by atoms with E-state index in [0.717, 1.165) is 27.6 Å². The van der Waals surface area contributed by atoms with E-state index in [1.165, 1.54) is 0 Å². The number of nitrogens with zero attached hydrogens (tertiary/aromatic N) is 3. The van der Waals surface area contributed by atoms with Gasteiger partial charge in [0.25, 0.3) is 5.91 Å². The average molecular weight is 397 g/mol. The van der Waals surface area contributed by atoms with Gasteiger partial charge in [-0.05, 0) is 53.1 Å². The van der Waals surface area contributed by atoms with Crippen LogP contribution in [0.25, 0.3) is 22.0 Å². The van der Waals surface area contributed by atoms with Crippen molar-refractivity contribution in [1.82, 2.24) is 14.5 Å². The first kappa shape index (κ1) is 19.6. The van der Waals surface area contributed by atoms with Crippen LogP contribution in [0.3, 0.4) is 0 Å². The summed E-state index contributed by atoms with van der Waals surface area (Å²) in [5.74, 6) is 0.0482. The van der Waals surface area contributed by atoms with Crippen LogP contribution in [0.15, 0.2) is 79.3 Å². The van der Waals surface area contributed by atoms with Gasteiger partial charge in [-0.15, -0.1) is 0 Å². The summed E-state index contributed by atoms with van der Waals surface area (Å²) in [5, 5.41) is 1.02. The summed E-state index contributed by atoms with van der Waals surface area (Å²) in [6.45, 7) is 2.37. The maximum absolute atomic E-state index is 12.7. The number of hydrogen-bond acceptors (Lipinski definition) is 3. The number of rotatable bonds is 5. The fourth-order valence-electron chi connectivity index (χ4n) is 3.57. The Bertz CT molecular complexity index is 1190. The van der Waals surface area contributed by atoms with Gasteiger partial charge in [0.05, 0.1) is 5.52 Å². The third kappa shape index (κ3) is 3.87. The van der Waals surface area contributed by atoms with Gasteiger partial charge in [0.1, 0.15) is 0 Å². The van der Waals surface area contributed by atoms with Gasteiger partial charge in [-0.2, -0.15) is 0 Å². The Morgan fingerprint density at radius 2 is 1.77 bits per heavy atom. The summed E-state index contributed by atoms with van der Waals surface area (Å²) < 4.78 is 1.69. The molecular weight excluding hydrogens is 374 g/mol.